The fraction of sp³-hybridized carbons (Fsp3) is 0.417. The zero-order valence-electron chi connectivity index (χ0n) is 10.8. The topological polar surface area (TPSA) is 66.5 Å². The molecule has 0 atom stereocenters. The molecule has 20 heavy (non-hydrogen) atoms. The zero-order valence-corrected chi connectivity index (χ0v) is 13.1. The van der Waals surface area contributed by atoms with Gasteiger partial charge in [-0.2, -0.15) is 4.31 Å². The molecule has 0 saturated heterocycles. The maximum absolute atomic E-state index is 12.0. The van der Waals surface area contributed by atoms with Crippen LogP contribution in [0.3, 0.4) is 0 Å². The molecular formula is C12H14Cl2N2O3S. The van der Waals surface area contributed by atoms with Gasteiger partial charge in [-0.15, -0.1) is 0 Å². The van der Waals surface area contributed by atoms with E-state index in [4.69, 9.17) is 23.2 Å². The van der Waals surface area contributed by atoms with Gasteiger partial charge in [0.25, 0.3) is 0 Å². The Hall–Kier alpha value is -0.820. The van der Waals surface area contributed by atoms with Gasteiger partial charge in [0.15, 0.2) is 0 Å². The third-order valence-corrected chi connectivity index (χ3v) is 4.82. The van der Waals surface area contributed by atoms with Crippen molar-refractivity contribution in [3.63, 3.8) is 0 Å². The SMILES string of the molecule is CS(=O)(=O)N(CC(=O)Nc1c(Cl)cccc1Cl)C1CC1. The maximum Gasteiger partial charge on any atom is 0.239 e. The molecule has 8 heteroatoms. The summed E-state index contributed by atoms with van der Waals surface area (Å²) in [4.78, 5) is 12.0. The normalized spacial score (nSPS) is 15.4. The number of amides is 1. The van der Waals surface area contributed by atoms with Crippen molar-refractivity contribution in [2.45, 2.75) is 18.9 Å². The van der Waals surface area contributed by atoms with Crippen LogP contribution in [-0.2, 0) is 14.8 Å². The van der Waals surface area contributed by atoms with Crippen LogP contribution in [0.15, 0.2) is 18.2 Å². The van der Waals surface area contributed by atoms with Crippen molar-refractivity contribution >= 4 is 44.8 Å². The summed E-state index contributed by atoms with van der Waals surface area (Å²) >= 11 is 11.9. The van der Waals surface area contributed by atoms with Crippen LogP contribution in [0.5, 0.6) is 0 Å². The fourth-order valence-corrected chi connectivity index (χ4v) is 3.41. The van der Waals surface area contributed by atoms with E-state index in [9.17, 15) is 13.2 Å². The number of para-hydroxylation sites is 1. The van der Waals surface area contributed by atoms with Gasteiger partial charge in [-0.25, -0.2) is 8.42 Å². The Morgan fingerprint density at radius 2 is 1.90 bits per heavy atom. The Morgan fingerprint density at radius 3 is 2.35 bits per heavy atom. The van der Waals surface area contributed by atoms with Gasteiger partial charge in [0.1, 0.15) is 0 Å². The Bertz CT molecular complexity index is 609. The van der Waals surface area contributed by atoms with Crippen molar-refractivity contribution < 1.29 is 13.2 Å². The Balaban J connectivity index is 2.09. The third-order valence-electron chi connectivity index (χ3n) is 2.91. The average Bonchev–Trinajstić information content (AvgIpc) is 3.13. The molecule has 1 aliphatic carbocycles. The molecule has 0 aliphatic heterocycles. The van der Waals surface area contributed by atoms with Crippen molar-refractivity contribution in [2.24, 2.45) is 0 Å². The molecule has 0 heterocycles. The van der Waals surface area contributed by atoms with Crippen molar-refractivity contribution in [2.75, 3.05) is 18.1 Å². The Morgan fingerprint density at radius 1 is 1.35 bits per heavy atom. The summed E-state index contributed by atoms with van der Waals surface area (Å²) in [6.07, 6.45) is 2.67. The van der Waals surface area contributed by atoms with E-state index in [1.54, 1.807) is 18.2 Å². The molecule has 0 aromatic heterocycles. The molecule has 0 unspecified atom stereocenters. The summed E-state index contributed by atoms with van der Waals surface area (Å²) in [5, 5.41) is 3.17. The molecule has 5 nitrogen and oxygen atoms in total. The van der Waals surface area contributed by atoms with Gasteiger partial charge < -0.3 is 5.32 Å². The van der Waals surface area contributed by atoms with Crippen molar-refractivity contribution in [3.05, 3.63) is 28.2 Å². The van der Waals surface area contributed by atoms with E-state index in [-0.39, 0.29) is 12.6 Å². The molecule has 110 valence electrons. The van der Waals surface area contributed by atoms with E-state index in [0.717, 1.165) is 19.1 Å². The summed E-state index contributed by atoms with van der Waals surface area (Å²) < 4.78 is 24.5. The minimum atomic E-state index is -3.40. The van der Waals surface area contributed by atoms with Crippen LogP contribution in [0.2, 0.25) is 10.0 Å². The summed E-state index contributed by atoms with van der Waals surface area (Å²) in [5.41, 5.74) is 0.296. The summed E-state index contributed by atoms with van der Waals surface area (Å²) in [6.45, 7) is -0.231. The fourth-order valence-electron chi connectivity index (χ4n) is 1.82. The quantitative estimate of drug-likeness (QED) is 0.897. The standard InChI is InChI=1S/C12H14Cl2N2O3S/c1-20(18,19)16(8-5-6-8)7-11(17)15-12-9(13)3-2-4-10(12)14/h2-4,8H,5-7H2,1H3,(H,15,17). The number of anilines is 1. The molecular weight excluding hydrogens is 323 g/mol. The molecule has 1 aliphatic rings. The average molecular weight is 337 g/mol. The van der Waals surface area contributed by atoms with E-state index in [1.807, 2.05) is 0 Å². The summed E-state index contributed by atoms with van der Waals surface area (Å²) in [5.74, 6) is -0.461. The number of nitrogens with zero attached hydrogens (tertiary/aromatic N) is 1. The molecule has 0 radical (unpaired) electrons. The molecule has 0 bridgehead atoms. The highest BCUT2D eigenvalue weighted by Crippen LogP contribution is 2.31. The van der Waals surface area contributed by atoms with Gasteiger partial charge in [0, 0.05) is 6.04 Å². The van der Waals surface area contributed by atoms with Crippen LogP contribution >= 0.6 is 23.2 Å². The number of benzene rings is 1. The second-order valence-electron chi connectivity index (χ2n) is 4.68. The van der Waals surface area contributed by atoms with E-state index >= 15 is 0 Å². The van der Waals surface area contributed by atoms with E-state index in [0.29, 0.717) is 15.7 Å². The van der Waals surface area contributed by atoms with Crippen molar-refractivity contribution in [1.29, 1.82) is 0 Å². The molecule has 1 N–H and O–H groups in total. The molecule has 1 aromatic rings. The van der Waals surface area contributed by atoms with Gasteiger partial charge in [-0.3, -0.25) is 4.79 Å². The van der Waals surface area contributed by atoms with E-state index in [2.05, 4.69) is 5.32 Å². The number of nitrogens with one attached hydrogen (secondary N) is 1. The minimum Gasteiger partial charge on any atom is -0.322 e. The smallest absolute Gasteiger partial charge is 0.239 e. The predicted octanol–water partition coefficient (Wildman–Crippen LogP) is 2.36. The number of hydrogen-bond acceptors (Lipinski definition) is 3. The van der Waals surface area contributed by atoms with Crippen LogP contribution < -0.4 is 5.32 Å². The Kier molecular flexibility index (Phi) is 4.59. The first-order valence-electron chi connectivity index (χ1n) is 5.99. The van der Waals surface area contributed by atoms with E-state index < -0.39 is 15.9 Å². The van der Waals surface area contributed by atoms with Gasteiger partial charge in [-0.1, -0.05) is 29.3 Å². The van der Waals surface area contributed by atoms with Crippen LogP contribution in [-0.4, -0.2) is 37.5 Å². The van der Waals surface area contributed by atoms with Gasteiger partial charge >= 0.3 is 0 Å². The predicted molar refractivity (Wildman–Crippen MR) is 79.7 cm³/mol. The van der Waals surface area contributed by atoms with Crippen LogP contribution in [0.4, 0.5) is 5.69 Å². The number of halogens is 2. The number of carbonyl (C=O) groups excluding carboxylic acids is 1. The lowest BCUT2D eigenvalue weighted by Gasteiger charge is -2.19. The van der Waals surface area contributed by atoms with Crippen molar-refractivity contribution in [3.8, 4) is 0 Å². The van der Waals surface area contributed by atoms with Gasteiger partial charge in [0.2, 0.25) is 15.9 Å². The minimum absolute atomic E-state index is 0.0718. The van der Waals surface area contributed by atoms with E-state index in [1.165, 1.54) is 4.31 Å². The zero-order chi connectivity index (χ0) is 14.9. The molecule has 2 rings (SSSR count). The highest BCUT2D eigenvalue weighted by Gasteiger charge is 2.36. The molecule has 0 spiro atoms. The molecule has 1 fully saturated rings. The van der Waals surface area contributed by atoms with Gasteiger partial charge in [-0.05, 0) is 25.0 Å². The number of rotatable bonds is 5. The lowest BCUT2D eigenvalue weighted by atomic mass is 10.3. The third kappa shape index (κ3) is 3.85. The maximum atomic E-state index is 12.0. The van der Waals surface area contributed by atoms with Gasteiger partial charge in [0.05, 0.1) is 28.5 Å². The largest absolute Gasteiger partial charge is 0.322 e. The first-order valence-corrected chi connectivity index (χ1v) is 8.60. The Labute approximate surface area is 127 Å². The highest BCUT2D eigenvalue weighted by atomic mass is 35.5. The first kappa shape index (κ1) is 15.6. The lowest BCUT2D eigenvalue weighted by Crippen LogP contribution is -2.38. The van der Waals surface area contributed by atoms with Crippen LogP contribution in [0, 0.1) is 0 Å². The van der Waals surface area contributed by atoms with Crippen LogP contribution in [0.1, 0.15) is 12.8 Å². The number of carbonyl (C=O) groups is 1. The molecule has 1 aromatic carbocycles. The highest BCUT2D eigenvalue weighted by molar-refractivity contribution is 7.88. The first-order chi connectivity index (χ1) is 9.29. The number of sulfonamides is 1. The monoisotopic (exact) mass is 336 g/mol. The molecule has 1 saturated carbocycles. The van der Waals surface area contributed by atoms with Crippen LogP contribution in [0.25, 0.3) is 0 Å². The summed E-state index contributed by atoms with van der Waals surface area (Å²) in [7, 11) is -3.40. The molecule has 1 amide bonds. The van der Waals surface area contributed by atoms with Crippen molar-refractivity contribution in [1.82, 2.24) is 4.31 Å². The second-order valence-corrected chi connectivity index (χ2v) is 7.43. The second kappa shape index (κ2) is 5.89. The lowest BCUT2D eigenvalue weighted by molar-refractivity contribution is -0.116. The number of hydrogen-bond donors (Lipinski definition) is 1. The summed E-state index contributed by atoms with van der Waals surface area (Å²) in [6, 6.07) is 4.78.